The van der Waals surface area contributed by atoms with E-state index in [9.17, 15) is 14.0 Å². The van der Waals surface area contributed by atoms with Crippen molar-refractivity contribution in [2.45, 2.75) is 12.8 Å². The topological polar surface area (TPSA) is 66.6 Å². The number of hydrogen-bond donors (Lipinski definition) is 1. The van der Waals surface area contributed by atoms with Crippen LogP contribution in [0.15, 0.2) is 24.3 Å². The van der Waals surface area contributed by atoms with Gasteiger partial charge in [-0.15, -0.1) is 0 Å². The molecule has 1 aromatic carbocycles. The largest absolute Gasteiger partial charge is 0.341 e. The van der Waals surface area contributed by atoms with Gasteiger partial charge in [-0.3, -0.25) is 9.59 Å². The fourth-order valence-electron chi connectivity index (χ4n) is 2.46. The maximum absolute atomic E-state index is 13.2. The molecular weight excluding hydrogens is 273 g/mol. The predicted molar refractivity (Wildman–Crippen MR) is 77.2 cm³/mol. The van der Waals surface area contributed by atoms with Crippen LogP contribution in [-0.2, 0) is 4.79 Å². The van der Waals surface area contributed by atoms with Crippen LogP contribution in [0.2, 0.25) is 0 Å². The van der Waals surface area contributed by atoms with Gasteiger partial charge in [-0.2, -0.15) is 0 Å². The van der Waals surface area contributed by atoms with E-state index in [-0.39, 0.29) is 11.8 Å². The highest BCUT2D eigenvalue weighted by atomic mass is 19.1. The molecule has 0 aliphatic carbocycles. The summed E-state index contributed by atoms with van der Waals surface area (Å²) in [5.41, 5.74) is 5.74. The molecular formula is C15H20FN3O2. The van der Waals surface area contributed by atoms with Crippen molar-refractivity contribution in [1.82, 2.24) is 9.80 Å². The van der Waals surface area contributed by atoms with E-state index in [0.29, 0.717) is 44.7 Å². The Bertz CT molecular complexity index is 521. The second-order valence-electron chi connectivity index (χ2n) is 5.08. The molecule has 0 unspecified atom stereocenters. The number of carbonyl (C=O) groups is 2. The van der Waals surface area contributed by atoms with Gasteiger partial charge in [0.25, 0.3) is 5.91 Å². The summed E-state index contributed by atoms with van der Waals surface area (Å²) in [6.45, 7) is 2.50. The van der Waals surface area contributed by atoms with Crippen LogP contribution in [-0.4, -0.2) is 54.3 Å². The number of nitrogens with two attached hydrogens (primary N) is 1. The van der Waals surface area contributed by atoms with Crippen molar-refractivity contribution < 1.29 is 14.0 Å². The van der Waals surface area contributed by atoms with Crippen LogP contribution in [0, 0.1) is 5.82 Å². The Kier molecular flexibility index (Phi) is 5.27. The third-order valence-electron chi connectivity index (χ3n) is 3.57. The number of hydrogen-bond acceptors (Lipinski definition) is 3. The van der Waals surface area contributed by atoms with Crippen LogP contribution in [0.5, 0.6) is 0 Å². The lowest BCUT2D eigenvalue weighted by atomic mass is 10.2. The molecule has 1 aliphatic rings. The van der Waals surface area contributed by atoms with Crippen LogP contribution in [0.25, 0.3) is 0 Å². The minimum absolute atomic E-state index is 0.0255. The molecule has 21 heavy (non-hydrogen) atoms. The number of halogens is 1. The molecule has 1 fully saturated rings. The maximum Gasteiger partial charge on any atom is 0.254 e. The number of nitrogens with zero attached hydrogens (tertiary/aromatic N) is 2. The molecule has 1 aliphatic heterocycles. The highest BCUT2D eigenvalue weighted by Crippen LogP contribution is 2.11. The van der Waals surface area contributed by atoms with E-state index in [1.54, 1.807) is 15.9 Å². The third kappa shape index (κ3) is 4.01. The van der Waals surface area contributed by atoms with Crippen molar-refractivity contribution in [2.24, 2.45) is 5.73 Å². The molecule has 0 bridgehead atoms. The minimum Gasteiger partial charge on any atom is -0.341 e. The molecule has 0 spiro atoms. The van der Waals surface area contributed by atoms with E-state index >= 15 is 0 Å². The van der Waals surface area contributed by atoms with Gasteiger partial charge in [-0.05, 0) is 24.6 Å². The van der Waals surface area contributed by atoms with E-state index in [1.807, 2.05) is 0 Å². The summed E-state index contributed by atoms with van der Waals surface area (Å²) in [6, 6.07) is 5.68. The summed E-state index contributed by atoms with van der Waals surface area (Å²) in [7, 11) is 0. The summed E-state index contributed by atoms with van der Waals surface area (Å²) in [4.78, 5) is 27.6. The summed E-state index contributed by atoms with van der Waals surface area (Å²) < 4.78 is 13.2. The molecule has 6 heteroatoms. The van der Waals surface area contributed by atoms with Crippen molar-refractivity contribution in [3.8, 4) is 0 Å². The lowest BCUT2D eigenvalue weighted by molar-refractivity contribution is -0.130. The molecule has 5 nitrogen and oxygen atoms in total. The normalized spacial score (nSPS) is 15.7. The number of rotatable bonds is 3. The van der Waals surface area contributed by atoms with E-state index < -0.39 is 5.82 Å². The Morgan fingerprint density at radius 3 is 2.57 bits per heavy atom. The molecule has 0 aromatic heterocycles. The van der Waals surface area contributed by atoms with E-state index in [4.69, 9.17) is 5.73 Å². The van der Waals surface area contributed by atoms with Gasteiger partial charge >= 0.3 is 0 Å². The molecule has 2 amide bonds. The Balaban J connectivity index is 1.99. The number of carbonyl (C=O) groups excluding carboxylic acids is 2. The highest BCUT2D eigenvalue weighted by molar-refractivity contribution is 5.94. The second kappa shape index (κ2) is 7.17. The zero-order valence-electron chi connectivity index (χ0n) is 11.9. The summed E-state index contributed by atoms with van der Waals surface area (Å²) in [5, 5.41) is 0. The van der Waals surface area contributed by atoms with Crippen LogP contribution in [0.1, 0.15) is 23.2 Å². The predicted octanol–water partition coefficient (Wildman–Crippen LogP) is 0.849. The summed E-state index contributed by atoms with van der Waals surface area (Å²) in [6.07, 6.45) is 1.05. The van der Waals surface area contributed by atoms with Crippen LogP contribution in [0.3, 0.4) is 0 Å². The first-order chi connectivity index (χ1) is 10.1. The SMILES string of the molecule is NCCC(=O)N1CCCN(C(=O)c2cccc(F)c2)CC1. The van der Waals surface area contributed by atoms with Crippen molar-refractivity contribution in [3.63, 3.8) is 0 Å². The van der Waals surface area contributed by atoms with E-state index in [1.165, 1.54) is 18.2 Å². The number of amides is 2. The summed E-state index contributed by atoms with van der Waals surface area (Å²) in [5.74, 6) is -0.587. The second-order valence-corrected chi connectivity index (χ2v) is 5.08. The Hall–Kier alpha value is -1.95. The highest BCUT2D eigenvalue weighted by Gasteiger charge is 2.22. The fraction of sp³-hybridized carbons (Fsp3) is 0.467. The van der Waals surface area contributed by atoms with Crippen molar-refractivity contribution >= 4 is 11.8 Å². The Morgan fingerprint density at radius 1 is 1.14 bits per heavy atom. The van der Waals surface area contributed by atoms with E-state index in [2.05, 4.69) is 0 Å². The zero-order chi connectivity index (χ0) is 15.2. The molecule has 114 valence electrons. The Morgan fingerprint density at radius 2 is 1.86 bits per heavy atom. The summed E-state index contributed by atoms with van der Waals surface area (Å²) >= 11 is 0. The number of benzene rings is 1. The van der Waals surface area contributed by atoms with Crippen LogP contribution >= 0.6 is 0 Å². The maximum atomic E-state index is 13.2. The van der Waals surface area contributed by atoms with Crippen LogP contribution in [0.4, 0.5) is 4.39 Å². The van der Waals surface area contributed by atoms with Gasteiger partial charge in [-0.25, -0.2) is 4.39 Å². The molecule has 0 radical (unpaired) electrons. The van der Waals surface area contributed by atoms with Gasteiger partial charge in [0.05, 0.1) is 0 Å². The fourth-order valence-corrected chi connectivity index (χ4v) is 2.46. The lowest BCUT2D eigenvalue weighted by Crippen LogP contribution is -2.37. The third-order valence-corrected chi connectivity index (χ3v) is 3.57. The molecule has 2 N–H and O–H groups in total. The molecule has 0 atom stereocenters. The molecule has 2 rings (SSSR count). The smallest absolute Gasteiger partial charge is 0.254 e. The van der Waals surface area contributed by atoms with Crippen molar-refractivity contribution in [1.29, 1.82) is 0 Å². The van der Waals surface area contributed by atoms with Crippen LogP contribution < -0.4 is 5.73 Å². The van der Waals surface area contributed by atoms with Crippen molar-refractivity contribution in [3.05, 3.63) is 35.6 Å². The first-order valence-corrected chi connectivity index (χ1v) is 7.14. The average molecular weight is 293 g/mol. The quantitative estimate of drug-likeness (QED) is 0.898. The molecule has 1 heterocycles. The molecule has 0 saturated carbocycles. The Labute approximate surface area is 123 Å². The van der Waals surface area contributed by atoms with Gasteiger partial charge in [0.15, 0.2) is 0 Å². The standard InChI is InChI=1S/C15H20FN3O2/c16-13-4-1-3-12(11-13)15(21)19-8-2-7-18(9-10-19)14(20)5-6-17/h1,3-4,11H,2,5-10,17H2. The average Bonchev–Trinajstić information content (AvgIpc) is 2.72. The van der Waals surface area contributed by atoms with Gasteiger partial charge in [0.1, 0.15) is 5.82 Å². The lowest BCUT2D eigenvalue weighted by Gasteiger charge is -2.22. The minimum atomic E-state index is -0.421. The van der Waals surface area contributed by atoms with Crippen molar-refractivity contribution in [2.75, 3.05) is 32.7 Å². The first-order valence-electron chi connectivity index (χ1n) is 7.14. The van der Waals surface area contributed by atoms with Gasteiger partial charge < -0.3 is 15.5 Å². The zero-order valence-corrected chi connectivity index (χ0v) is 11.9. The molecule has 1 aromatic rings. The first kappa shape index (κ1) is 15.4. The molecule has 1 saturated heterocycles. The van der Waals surface area contributed by atoms with E-state index in [0.717, 1.165) is 6.42 Å². The van der Waals surface area contributed by atoms with Gasteiger partial charge in [0, 0.05) is 44.7 Å². The monoisotopic (exact) mass is 293 g/mol. The van der Waals surface area contributed by atoms with Gasteiger partial charge in [0.2, 0.25) is 5.91 Å². The van der Waals surface area contributed by atoms with Gasteiger partial charge in [-0.1, -0.05) is 6.07 Å².